The van der Waals surface area contributed by atoms with E-state index in [4.69, 9.17) is 4.74 Å². The molecule has 1 saturated carbocycles. The Bertz CT molecular complexity index is 1130. The van der Waals surface area contributed by atoms with Gasteiger partial charge in [0.15, 0.2) is 0 Å². The highest BCUT2D eigenvalue weighted by Crippen LogP contribution is 2.39. The molecule has 0 amide bonds. The van der Waals surface area contributed by atoms with Gasteiger partial charge in [0.05, 0.1) is 19.8 Å². The van der Waals surface area contributed by atoms with Gasteiger partial charge in [0, 0.05) is 16.6 Å². The molecule has 0 radical (unpaired) electrons. The lowest BCUT2D eigenvalue weighted by Crippen LogP contribution is -2.29. The molecule has 226 valence electrons. The van der Waals surface area contributed by atoms with Crippen LogP contribution in [-0.2, 0) is 22.4 Å². The van der Waals surface area contributed by atoms with Gasteiger partial charge in [-0.1, -0.05) is 57.2 Å². The summed E-state index contributed by atoms with van der Waals surface area (Å²) in [6, 6.07) is 12.2. The summed E-state index contributed by atoms with van der Waals surface area (Å²) < 4.78 is 20.7. The normalized spacial score (nSPS) is 17.4. The fourth-order valence-corrected chi connectivity index (χ4v) is 6.50. The molecule has 1 fully saturated rings. The van der Waals surface area contributed by atoms with Crippen LogP contribution < -0.4 is 0 Å². The lowest BCUT2D eigenvalue weighted by Gasteiger charge is -2.29. The summed E-state index contributed by atoms with van der Waals surface area (Å²) in [4.78, 5) is 11.5. The molecule has 0 saturated heterocycles. The maximum absolute atomic E-state index is 15.5. The van der Waals surface area contributed by atoms with Crippen LogP contribution in [0, 0.1) is 17.2 Å². The predicted octanol–water partition coefficient (Wildman–Crippen LogP) is 8.32. The summed E-state index contributed by atoms with van der Waals surface area (Å²) in [7, 11) is 0. The SMILES string of the molecule is C=C(C)C(=O)OCCCC1CCC(c2ccc(-c3ccc(CCCC(CO)(CO)CCC)cc3CC)c(F)c2)CC1. The highest BCUT2D eigenvalue weighted by Gasteiger charge is 2.27. The molecule has 0 aliphatic heterocycles. The zero-order valence-electron chi connectivity index (χ0n) is 25.5. The van der Waals surface area contributed by atoms with Crippen molar-refractivity contribution in [3.63, 3.8) is 0 Å². The summed E-state index contributed by atoms with van der Waals surface area (Å²) in [6.45, 7) is 9.96. The van der Waals surface area contributed by atoms with Gasteiger partial charge < -0.3 is 14.9 Å². The van der Waals surface area contributed by atoms with Crippen molar-refractivity contribution in [2.45, 2.75) is 104 Å². The van der Waals surface area contributed by atoms with Crippen molar-refractivity contribution < 1.29 is 24.1 Å². The van der Waals surface area contributed by atoms with Crippen LogP contribution >= 0.6 is 0 Å². The second-order valence-electron chi connectivity index (χ2n) is 12.3. The van der Waals surface area contributed by atoms with E-state index in [1.54, 1.807) is 13.0 Å². The first-order chi connectivity index (χ1) is 19.8. The fourth-order valence-electron chi connectivity index (χ4n) is 6.50. The van der Waals surface area contributed by atoms with Crippen LogP contribution in [0.15, 0.2) is 48.6 Å². The lowest BCUT2D eigenvalue weighted by atomic mass is 9.77. The van der Waals surface area contributed by atoms with E-state index in [9.17, 15) is 15.0 Å². The van der Waals surface area contributed by atoms with E-state index in [0.29, 0.717) is 29.6 Å². The Morgan fingerprint density at radius 3 is 2.32 bits per heavy atom. The molecule has 0 heterocycles. The number of aliphatic hydroxyl groups is 2. The number of aryl methyl sites for hydroxylation is 2. The smallest absolute Gasteiger partial charge is 0.333 e. The molecule has 2 aromatic rings. The number of esters is 1. The topological polar surface area (TPSA) is 66.8 Å². The van der Waals surface area contributed by atoms with Crippen molar-refractivity contribution in [2.75, 3.05) is 19.8 Å². The number of ether oxygens (including phenoxy) is 1. The molecular formula is C36H51FO4. The summed E-state index contributed by atoms with van der Waals surface area (Å²) in [5, 5.41) is 19.7. The Balaban J connectivity index is 1.57. The number of hydrogen-bond donors (Lipinski definition) is 2. The Morgan fingerprint density at radius 1 is 1.00 bits per heavy atom. The van der Waals surface area contributed by atoms with Gasteiger partial charge >= 0.3 is 5.97 Å². The first-order valence-electron chi connectivity index (χ1n) is 15.7. The van der Waals surface area contributed by atoms with Crippen molar-refractivity contribution in [3.8, 4) is 11.1 Å². The average Bonchev–Trinajstić information content (AvgIpc) is 2.99. The van der Waals surface area contributed by atoms with E-state index < -0.39 is 5.41 Å². The number of carbonyl (C=O) groups is 1. The van der Waals surface area contributed by atoms with E-state index in [0.717, 1.165) is 93.7 Å². The van der Waals surface area contributed by atoms with Crippen LogP contribution in [0.5, 0.6) is 0 Å². The van der Waals surface area contributed by atoms with E-state index in [1.165, 1.54) is 5.56 Å². The fraction of sp³-hybridized carbons (Fsp3) is 0.583. The maximum Gasteiger partial charge on any atom is 0.333 e. The molecule has 4 nitrogen and oxygen atoms in total. The minimum absolute atomic E-state index is 0.0159. The molecule has 2 aromatic carbocycles. The minimum Gasteiger partial charge on any atom is -0.462 e. The summed E-state index contributed by atoms with van der Waals surface area (Å²) >= 11 is 0. The first kappa shape index (κ1) is 33.0. The van der Waals surface area contributed by atoms with Gasteiger partial charge in [-0.3, -0.25) is 0 Å². The molecule has 0 bridgehead atoms. The zero-order chi connectivity index (χ0) is 29.8. The van der Waals surface area contributed by atoms with Crippen molar-refractivity contribution in [1.82, 2.24) is 0 Å². The highest BCUT2D eigenvalue weighted by atomic mass is 19.1. The zero-order valence-corrected chi connectivity index (χ0v) is 25.5. The van der Waals surface area contributed by atoms with Crippen molar-refractivity contribution in [3.05, 3.63) is 71.1 Å². The van der Waals surface area contributed by atoms with Crippen LogP contribution in [0.4, 0.5) is 4.39 Å². The maximum atomic E-state index is 15.5. The largest absolute Gasteiger partial charge is 0.462 e. The Labute approximate surface area is 247 Å². The molecular weight excluding hydrogens is 515 g/mol. The molecule has 0 atom stereocenters. The highest BCUT2D eigenvalue weighted by molar-refractivity contribution is 5.86. The molecule has 1 aliphatic rings. The Morgan fingerprint density at radius 2 is 1.71 bits per heavy atom. The van der Waals surface area contributed by atoms with Crippen molar-refractivity contribution in [1.29, 1.82) is 0 Å². The van der Waals surface area contributed by atoms with Crippen molar-refractivity contribution >= 4 is 5.97 Å². The van der Waals surface area contributed by atoms with E-state index >= 15 is 4.39 Å². The quantitative estimate of drug-likeness (QED) is 0.122. The van der Waals surface area contributed by atoms with Gasteiger partial charge in [0.2, 0.25) is 0 Å². The van der Waals surface area contributed by atoms with Gasteiger partial charge in [0.25, 0.3) is 0 Å². The Hall–Kier alpha value is -2.50. The second kappa shape index (κ2) is 16.2. The average molecular weight is 567 g/mol. The second-order valence-corrected chi connectivity index (χ2v) is 12.3. The third kappa shape index (κ3) is 9.24. The van der Waals surface area contributed by atoms with E-state index in [-0.39, 0.29) is 25.0 Å². The van der Waals surface area contributed by atoms with Gasteiger partial charge in [-0.2, -0.15) is 0 Å². The third-order valence-electron chi connectivity index (χ3n) is 9.11. The molecule has 1 aliphatic carbocycles. The standard InChI is InChI=1S/C36H51FO4/c1-5-19-36(24-38,25-39)20-7-9-28-13-17-32(29(6-2)22-28)33-18-16-31(23-34(33)37)30-14-11-27(12-15-30)10-8-21-41-35(40)26(3)4/h13,16-18,22-23,27,30,38-39H,3,5-12,14-15,19-21,24-25H2,1-2,4H3. The number of aliphatic hydroxyl groups excluding tert-OH is 2. The number of benzene rings is 2. The monoisotopic (exact) mass is 566 g/mol. The van der Waals surface area contributed by atoms with Crippen LogP contribution in [0.2, 0.25) is 0 Å². The molecule has 0 aromatic heterocycles. The molecule has 3 rings (SSSR count). The minimum atomic E-state index is -0.395. The van der Waals surface area contributed by atoms with Gasteiger partial charge in [0.1, 0.15) is 5.82 Å². The van der Waals surface area contributed by atoms with E-state index in [2.05, 4.69) is 44.7 Å². The number of rotatable bonds is 16. The molecule has 41 heavy (non-hydrogen) atoms. The molecule has 0 spiro atoms. The van der Waals surface area contributed by atoms with Crippen LogP contribution in [0.3, 0.4) is 0 Å². The van der Waals surface area contributed by atoms with Crippen LogP contribution in [-0.4, -0.2) is 36.0 Å². The Kier molecular flexibility index (Phi) is 13.1. The predicted molar refractivity (Wildman–Crippen MR) is 165 cm³/mol. The van der Waals surface area contributed by atoms with Crippen molar-refractivity contribution in [2.24, 2.45) is 11.3 Å². The molecule has 0 unspecified atom stereocenters. The van der Waals surface area contributed by atoms with Crippen LogP contribution in [0.1, 0.15) is 108 Å². The first-order valence-corrected chi connectivity index (χ1v) is 15.7. The third-order valence-corrected chi connectivity index (χ3v) is 9.11. The lowest BCUT2D eigenvalue weighted by molar-refractivity contribution is -0.139. The van der Waals surface area contributed by atoms with Gasteiger partial charge in [-0.25, -0.2) is 9.18 Å². The molecule has 2 N–H and O–H groups in total. The van der Waals surface area contributed by atoms with Gasteiger partial charge in [-0.05, 0) is 118 Å². The number of hydrogen-bond acceptors (Lipinski definition) is 4. The van der Waals surface area contributed by atoms with Crippen LogP contribution in [0.25, 0.3) is 11.1 Å². The number of carbonyl (C=O) groups excluding carboxylic acids is 1. The summed E-state index contributed by atoms with van der Waals surface area (Å²) in [6.07, 6.45) is 11.5. The molecule has 5 heteroatoms. The van der Waals surface area contributed by atoms with E-state index in [1.807, 2.05) is 6.07 Å². The summed E-state index contributed by atoms with van der Waals surface area (Å²) in [5.74, 6) is 0.566. The van der Waals surface area contributed by atoms with Gasteiger partial charge in [-0.15, -0.1) is 0 Å². The number of halogens is 1. The summed E-state index contributed by atoms with van der Waals surface area (Å²) in [5.41, 5.74) is 5.13.